The van der Waals surface area contributed by atoms with Crippen LogP contribution in [-0.2, 0) is 17.4 Å². The van der Waals surface area contributed by atoms with Crippen LogP contribution in [0.3, 0.4) is 0 Å². The number of hydrogen-bond donors (Lipinski definition) is 0. The van der Waals surface area contributed by atoms with Crippen LogP contribution in [0.4, 0.5) is 4.39 Å². The topological polar surface area (TPSA) is 87.4 Å². The second kappa shape index (κ2) is 6.53. The highest BCUT2D eigenvalue weighted by atomic mass is 32.2. The Hall–Kier alpha value is -1.92. The van der Waals surface area contributed by atoms with Gasteiger partial charge in [0.1, 0.15) is 28.2 Å². The van der Waals surface area contributed by atoms with Gasteiger partial charge in [0.25, 0.3) is 0 Å². The van der Waals surface area contributed by atoms with Crippen LogP contribution in [0, 0.1) is 5.82 Å². The third-order valence-electron chi connectivity index (χ3n) is 3.65. The summed E-state index contributed by atoms with van der Waals surface area (Å²) in [7, 11) is -1.45. The van der Waals surface area contributed by atoms with Crippen LogP contribution in [0.25, 0.3) is 10.4 Å². The monoisotopic (exact) mass is 352 g/mol. The highest BCUT2D eigenvalue weighted by Gasteiger charge is 2.36. The quantitative estimate of drug-likeness (QED) is 0.353. The zero-order chi connectivity index (χ0) is 18.1. The van der Waals surface area contributed by atoms with Gasteiger partial charge in [-0.3, -0.25) is 0 Å². The lowest BCUT2D eigenvalue weighted by Gasteiger charge is -2.22. The van der Waals surface area contributed by atoms with Crippen LogP contribution in [0.5, 0.6) is 5.75 Å². The Bertz CT molecular complexity index is 766. The fraction of sp³-hybridized carbons (Fsp3) is 0.562. The molecular weight excluding hydrogens is 331 g/mol. The molecule has 0 saturated heterocycles. The zero-order valence-electron chi connectivity index (χ0n) is 14.5. The van der Waals surface area contributed by atoms with Crippen LogP contribution in [0.1, 0.15) is 45.7 Å². The van der Waals surface area contributed by atoms with Crippen LogP contribution >= 0.6 is 0 Å². The molecule has 6 nitrogen and oxygen atoms in total. The summed E-state index contributed by atoms with van der Waals surface area (Å²) in [6, 6.07) is 2.74. The van der Waals surface area contributed by atoms with Gasteiger partial charge in [-0.2, -0.15) is 4.40 Å². The molecule has 1 unspecified atom stereocenters. The normalized spacial score (nSPS) is 21.7. The van der Waals surface area contributed by atoms with Crippen LogP contribution in [0.15, 0.2) is 21.6 Å². The Morgan fingerprint density at radius 2 is 2.17 bits per heavy atom. The molecule has 0 saturated carbocycles. The molecule has 1 aromatic carbocycles. The maximum absolute atomic E-state index is 14.0. The van der Waals surface area contributed by atoms with Gasteiger partial charge >= 0.3 is 0 Å². The first-order chi connectivity index (χ1) is 11.1. The minimum Gasteiger partial charge on any atom is -0.486 e. The van der Waals surface area contributed by atoms with Crippen molar-refractivity contribution < 1.29 is 13.3 Å². The van der Waals surface area contributed by atoms with Gasteiger partial charge in [0.15, 0.2) is 0 Å². The highest BCUT2D eigenvalue weighted by molar-refractivity contribution is 7.85. The Morgan fingerprint density at radius 3 is 2.75 bits per heavy atom. The Balaban J connectivity index is 2.44. The van der Waals surface area contributed by atoms with Crippen LogP contribution in [-0.4, -0.2) is 26.8 Å². The minimum absolute atomic E-state index is 0.142. The molecule has 1 aliphatic heterocycles. The third-order valence-corrected chi connectivity index (χ3v) is 5.13. The lowest BCUT2D eigenvalue weighted by Crippen LogP contribution is -2.33. The highest BCUT2D eigenvalue weighted by Crippen LogP contribution is 2.39. The molecule has 24 heavy (non-hydrogen) atoms. The molecule has 0 aromatic heterocycles. The van der Waals surface area contributed by atoms with Gasteiger partial charge in [0, 0.05) is 22.5 Å². The first kappa shape index (κ1) is 18.4. The van der Waals surface area contributed by atoms with Gasteiger partial charge in [-0.1, -0.05) is 5.11 Å². The molecular formula is C16H21FN4O2S. The molecule has 1 heterocycles. The van der Waals surface area contributed by atoms with Gasteiger partial charge in [-0.05, 0) is 52.3 Å². The molecule has 0 aliphatic carbocycles. The van der Waals surface area contributed by atoms with E-state index in [9.17, 15) is 8.60 Å². The predicted octanol–water partition coefficient (Wildman–Crippen LogP) is 4.10. The average Bonchev–Trinajstić information content (AvgIpc) is 2.79. The molecule has 2 atom stereocenters. The second-order valence-corrected chi connectivity index (χ2v) is 9.00. The molecule has 0 amide bonds. The molecule has 8 heteroatoms. The Kier molecular flexibility index (Phi) is 5.01. The maximum Gasteiger partial charge on any atom is 0.145 e. The lowest BCUT2D eigenvalue weighted by molar-refractivity contribution is 0.125. The number of benzene rings is 1. The molecule has 2 rings (SSSR count). The molecule has 0 fully saturated rings. The molecule has 0 radical (unpaired) electrons. The molecule has 130 valence electrons. The summed E-state index contributed by atoms with van der Waals surface area (Å²) in [6.07, 6.45) is 0.432. The van der Waals surface area contributed by atoms with Gasteiger partial charge in [0.05, 0.1) is 17.0 Å². The van der Waals surface area contributed by atoms with E-state index in [1.165, 1.54) is 12.1 Å². The van der Waals surface area contributed by atoms with Gasteiger partial charge in [-0.25, -0.2) is 8.60 Å². The lowest BCUT2D eigenvalue weighted by atomic mass is 9.98. The number of halogens is 1. The van der Waals surface area contributed by atoms with Crippen molar-refractivity contribution >= 4 is 16.7 Å². The van der Waals surface area contributed by atoms with Crippen molar-refractivity contribution in [1.29, 1.82) is 0 Å². The van der Waals surface area contributed by atoms with Crippen molar-refractivity contribution in [1.82, 2.24) is 0 Å². The summed E-state index contributed by atoms with van der Waals surface area (Å²) >= 11 is 0. The van der Waals surface area contributed by atoms with Crippen LogP contribution in [0.2, 0.25) is 0 Å². The summed E-state index contributed by atoms with van der Waals surface area (Å²) in [5, 5.41) is 3.57. The van der Waals surface area contributed by atoms with E-state index < -0.39 is 27.2 Å². The van der Waals surface area contributed by atoms with Crippen molar-refractivity contribution in [2.24, 2.45) is 9.51 Å². The number of hydrogen-bond acceptors (Lipinski definition) is 3. The molecule has 0 bridgehead atoms. The van der Waals surface area contributed by atoms with Crippen molar-refractivity contribution in [3.05, 3.63) is 39.5 Å². The van der Waals surface area contributed by atoms with E-state index in [0.717, 1.165) is 0 Å². The van der Waals surface area contributed by atoms with Gasteiger partial charge in [-0.15, -0.1) is 0 Å². The summed E-state index contributed by atoms with van der Waals surface area (Å²) in [5.74, 6) is 0.107. The van der Waals surface area contributed by atoms with Crippen molar-refractivity contribution in [2.75, 3.05) is 6.54 Å². The standard InChI is InChI=1S/C16H21FN4O2S/c1-10(20-24(22)15(2,3)4)13-7-12(17)6-11-8-16(5,9-19-21-18)23-14(11)13/h6-7H,8-9H2,1-5H3/t16?,24-/m1/s1. The van der Waals surface area contributed by atoms with E-state index in [-0.39, 0.29) is 6.54 Å². The van der Waals surface area contributed by atoms with E-state index in [0.29, 0.717) is 29.0 Å². The van der Waals surface area contributed by atoms with E-state index >= 15 is 0 Å². The molecule has 0 spiro atoms. The number of rotatable bonds is 4. The summed E-state index contributed by atoms with van der Waals surface area (Å²) in [4.78, 5) is 2.76. The van der Waals surface area contributed by atoms with E-state index in [1.807, 2.05) is 27.7 Å². The largest absolute Gasteiger partial charge is 0.486 e. The Labute approximate surface area is 143 Å². The maximum atomic E-state index is 14.0. The number of nitrogens with zero attached hydrogens (tertiary/aromatic N) is 4. The smallest absolute Gasteiger partial charge is 0.145 e. The third kappa shape index (κ3) is 3.94. The number of ether oxygens (including phenoxy) is 1. The van der Waals surface area contributed by atoms with Crippen LogP contribution < -0.4 is 4.74 Å². The van der Waals surface area contributed by atoms with Crippen molar-refractivity contribution in [2.45, 2.75) is 51.4 Å². The SMILES string of the molecule is CC(=N[S@](=O)C(C)(C)C)c1cc(F)cc2c1OC(C)(CN=[N+]=[N-])C2. The summed E-state index contributed by atoms with van der Waals surface area (Å²) < 4.78 is 35.9. The summed E-state index contributed by atoms with van der Waals surface area (Å²) in [6.45, 7) is 9.10. The second-order valence-electron chi connectivity index (χ2n) is 7.10. The van der Waals surface area contributed by atoms with E-state index in [1.54, 1.807) is 6.92 Å². The zero-order valence-corrected chi connectivity index (χ0v) is 15.3. The first-order valence-corrected chi connectivity index (χ1v) is 8.66. The number of azide groups is 1. The first-order valence-electron chi connectivity index (χ1n) is 7.56. The van der Waals surface area contributed by atoms with E-state index in [2.05, 4.69) is 14.4 Å². The fourth-order valence-electron chi connectivity index (χ4n) is 2.44. The predicted molar refractivity (Wildman–Crippen MR) is 93.3 cm³/mol. The molecule has 1 aliphatic rings. The van der Waals surface area contributed by atoms with Gasteiger partial charge < -0.3 is 4.74 Å². The summed E-state index contributed by atoms with van der Waals surface area (Å²) in [5.41, 5.74) is 9.41. The fourth-order valence-corrected chi connectivity index (χ4v) is 3.06. The Morgan fingerprint density at radius 1 is 1.50 bits per heavy atom. The van der Waals surface area contributed by atoms with Gasteiger partial charge in [0.2, 0.25) is 0 Å². The van der Waals surface area contributed by atoms with Crippen molar-refractivity contribution in [3.8, 4) is 5.75 Å². The molecule has 0 N–H and O–H groups in total. The average molecular weight is 352 g/mol. The van der Waals surface area contributed by atoms with Crippen molar-refractivity contribution in [3.63, 3.8) is 0 Å². The minimum atomic E-state index is -1.45. The van der Waals surface area contributed by atoms with E-state index in [4.69, 9.17) is 10.3 Å². The molecule has 1 aromatic rings. The number of fused-ring (bicyclic) bond motifs is 1.